The minimum absolute atomic E-state index is 0.0289. The predicted molar refractivity (Wildman–Crippen MR) is 135 cm³/mol. The molecule has 0 aromatic heterocycles. The Kier molecular flexibility index (Phi) is 7.65. The fourth-order valence-electron chi connectivity index (χ4n) is 3.50. The van der Waals surface area contributed by atoms with Gasteiger partial charge in [-0.1, -0.05) is 36.4 Å². The first-order chi connectivity index (χ1) is 17.4. The number of ether oxygens (including phenoxy) is 2. The number of imide groups is 1. The highest BCUT2D eigenvalue weighted by Crippen LogP contribution is 2.37. The van der Waals surface area contributed by atoms with Gasteiger partial charge in [0.2, 0.25) is 0 Å². The molecule has 1 aliphatic heterocycles. The van der Waals surface area contributed by atoms with Crippen LogP contribution in [0.25, 0.3) is 6.08 Å². The third-order valence-corrected chi connectivity index (χ3v) is 5.81. The average molecular weight is 554 g/mol. The Hall–Kier alpha value is -4.18. The van der Waals surface area contributed by atoms with E-state index in [-0.39, 0.29) is 30.3 Å². The van der Waals surface area contributed by atoms with E-state index in [4.69, 9.17) is 9.47 Å². The van der Waals surface area contributed by atoms with E-state index in [0.717, 1.165) is 4.90 Å². The molecule has 0 atom stereocenters. The number of hydrogen-bond acceptors (Lipinski definition) is 5. The van der Waals surface area contributed by atoms with Crippen LogP contribution >= 0.6 is 15.9 Å². The summed E-state index contributed by atoms with van der Waals surface area (Å²) in [6, 6.07) is 17.5. The number of hydrogen-bond donors (Lipinski definition) is 2. The quantitative estimate of drug-likeness (QED) is 0.311. The highest BCUT2D eigenvalue weighted by atomic mass is 79.9. The summed E-state index contributed by atoms with van der Waals surface area (Å²) in [5, 5.41) is 5.24. The van der Waals surface area contributed by atoms with Crippen molar-refractivity contribution in [3.05, 3.63) is 93.8 Å². The number of rotatable bonds is 8. The molecule has 3 aromatic carbocycles. The molecular formula is C26H21BrFN3O5. The van der Waals surface area contributed by atoms with Crippen LogP contribution in [0.1, 0.15) is 11.1 Å². The highest BCUT2D eigenvalue weighted by Gasteiger charge is 2.34. The number of anilines is 1. The smallest absolute Gasteiger partial charge is 0.329 e. The second-order valence-electron chi connectivity index (χ2n) is 7.71. The highest BCUT2D eigenvalue weighted by molar-refractivity contribution is 9.10. The summed E-state index contributed by atoms with van der Waals surface area (Å²) in [5.41, 5.74) is 1.42. The fourth-order valence-corrected chi connectivity index (χ4v) is 4.07. The molecule has 1 aliphatic rings. The average Bonchev–Trinajstić information content (AvgIpc) is 3.12. The van der Waals surface area contributed by atoms with Crippen LogP contribution in [0.15, 0.2) is 76.9 Å². The SMILES string of the molecule is COc1cc(/C=C2/NC(=O)N(Cc3ccccc3F)C2=O)cc(Br)c1OCC(=O)Nc1ccccc1. The van der Waals surface area contributed by atoms with Crippen molar-refractivity contribution < 1.29 is 28.2 Å². The van der Waals surface area contributed by atoms with Gasteiger partial charge in [0.15, 0.2) is 18.1 Å². The summed E-state index contributed by atoms with van der Waals surface area (Å²) in [6.45, 7) is -0.455. The zero-order valence-electron chi connectivity index (χ0n) is 19.1. The third kappa shape index (κ3) is 5.72. The molecule has 4 rings (SSSR count). The van der Waals surface area contributed by atoms with Crippen LogP contribution in [-0.2, 0) is 16.1 Å². The van der Waals surface area contributed by atoms with E-state index in [9.17, 15) is 18.8 Å². The number of benzene rings is 3. The molecule has 8 nitrogen and oxygen atoms in total. The summed E-state index contributed by atoms with van der Waals surface area (Å²) in [6.07, 6.45) is 1.47. The van der Waals surface area contributed by atoms with E-state index >= 15 is 0 Å². The monoisotopic (exact) mass is 553 g/mol. The number of halogens is 2. The first kappa shape index (κ1) is 24.9. The Bertz CT molecular complexity index is 1350. The van der Waals surface area contributed by atoms with Crippen LogP contribution in [0.2, 0.25) is 0 Å². The van der Waals surface area contributed by atoms with Crippen molar-refractivity contribution in [1.29, 1.82) is 0 Å². The molecule has 0 spiro atoms. The van der Waals surface area contributed by atoms with Crippen molar-refractivity contribution in [2.45, 2.75) is 6.54 Å². The van der Waals surface area contributed by atoms with E-state index in [2.05, 4.69) is 26.6 Å². The van der Waals surface area contributed by atoms with E-state index in [0.29, 0.717) is 27.2 Å². The number of carbonyl (C=O) groups is 3. The van der Waals surface area contributed by atoms with Gasteiger partial charge in [0, 0.05) is 11.3 Å². The van der Waals surface area contributed by atoms with Gasteiger partial charge in [-0.05, 0) is 57.9 Å². The zero-order valence-corrected chi connectivity index (χ0v) is 20.7. The summed E-state index contributed by atoms with van der Waals surface area (Å²) in [7, 11) is 1.44. The van der Waals surface area contributed by atoms with Crippen LogP contribution in [0.4, 0.5) is 14.9 Å². The van der Waals surface area contributed by atoms with E-state index in [1.54, 1.807) is 42.5 Å². The molecule has 0 bridgehead atoms. The summed E-state index contributed by atoms with van der Waals surface area (Å²) in [4.78, 5) is 38.3. The number of urea groups is 1. The summed E-state index contributed by atoms with van der Waals surface area (Å²) in [5.74, 6) is -0.835. The molecule has 2 N–H and O–H groups in total. The lowest BCUT2D eigenvalue weighted by Gasteiger charge is -2.14. The minimum Gasteiger partial charge on any atom is -0.493 e. The number of methoxy groups -OCH3 is 1. The Morgan fingerprint density at radius 3 is 2.56 bits per heavy atom. The molecule has 36 heavy (non-hydrogen) atoms. The lowest BCUT2D eigenvalue weighted by Crippen LogP contribution is -2.30. The molecule has 0 radical (unpaired) electrons. The standard InChI is InChI=1S/C26H21BrFN3O5/c1-35-22-13-16(11-19(27)24(22)36-15-23(32)29-18-8-3-2-4-9-18)12-21-25(33)31(26(34)30-21)14-17-7-5-6-10-20(17)28/h2-13H,14-15H2,1H3,(H,29,32)(H,30,34)/b21-12+. The van der Waals surface area contributed by atoms with Crippen LogP contribution in [-0.4, -0.2) is 36.5 Å². The van der Waals surface area contributed by atoms with Gasteiger partial charge in [-0.2, -0.15) is 0 Å². The molecule has 3 aromatic rings. The van der Waals surface area contributed by atoms with Crippen LogP contribution in [0.5, 0.6) is 11.5 Å². The molecule has 0 unspecified atom stereocenters. The van der Waals surface area contributed by atoms with Crippen molar-refractivity contribution in [2.75, 3.05) is 19.0 Å². The number of carbonyl (C=O) groups excluding carboxylic acids is 3. The number of para-hydroxylation sites is 1. The maximum Gasteiger partial charge on any atom is 0.329 e. The van der Waals surface area contributed by atoms with Gasteiger partial charge >= 0.3 is 6.03 Å². The van der Waals surface area contributed by atoms with Crippen molar-refractivity contribution >= 4 is 45.5 Å². The molecule has 184 valence electrons. The van der Waals surface area contributed by atoms with Crippen molar-refractivity contribution in [3.63, 3.8) is 0 Å². The molecule has 0 saturated carbocycles. The fraction of sp³-hybridized carbons (Fsp3) is 0.115. The van der Waals surface area contributed by atoms with Gasteiger partial charge in [-0.3, -0.25) is 14.5 Å². The van der Waals surface area contributed by atoms with Gasteiger partial charge in [0.1, 0.15) is 11.5 Å². The number of amides is 4. The normalized spacial score (nSPS) is 14.1. The van der Waals surface area contributed by atoms with Crippen LogP contribution < -0.4 is 20.1 Å². The Labute approximate surface area is 214 Å². The van der Waals surface area contributed by atoms with E-state index < -0.39 is 17.8 Å². The Morgan fingerprint density at radius 1 is 1.11 bits per heavy atom. The predicted octanol–water partition coefficient (Wildman–Crippen LogP) is 4.71. The molecule has 1 fully saturated rings. The van der Waals surface area contributed by atoms with Gasteiger partial charge < -0.3 is 20.1 Å². The molecule has 1 saturated heterocycles. The largest absolute Gasteiger partial charge is 0.493 e. The Balaban J connectivity index is 1.48. The number of nitrogens with one attached hydrogen (secondary N) is 2. The van der Waals surface area contributed by atoms with E-state index in [1.807, 2.05) is 6.07 Å². The van der Waals surface area contributed by atoms with E-state index in [1.165, 1.54) is 31.4 Å². The molecular weight excluding hydrogens is 533 g/mol. The van der Waals surface area contributed by atoms with Crippen molar-refractivity contribution in [3.8, 4) is 11.5 Å². The topological polar surface area (TPSA) is 97.0 Å². The van der Waals surface area contributed by atoms with Gasteiger partial charge in [0.25, 0.3) is 11.8 Å². The molecule has 0 aliphatic carbocycles. The summed E-state index contributed by atoms with van der Waals surface area (Å²) < 4.78 is 25.5. The van der Waals surface area contributed by atoms with Crippen LogP contribution in [0, 0.1) is 5.82 Å². The molecule has 1 heterocycles. The Morgan fingerprint density at radius 2 is 1.83 bits per heavy atom. The second kappa shape index (κ2) is 11.0. The first-order valence-electron chi connectivity index (χ1n) is 10.8. The lowest BCUT2D eigenvalue weighted by molar-refractivity contribution is -0.123. The van der Waals surface area contributed by atoms with Gasteiger partial charge in [-0.15, -0.1) is 0 Å². The molecule has 4 amide bonds. The summed E-state index contributed by atoms with van der Waals surface area (Å²) >= 11 is 3.41. The maximum absolute atomic E-state index is 14.0. The van der Waals surface area contributed by atoms with Crippen LogP contribution in [0.3, 0.4) is 0 Å². The van der Waals surface area contributed by atoms with Crippen molar-refractivity contribution in [2.24, 2.45) is 0 Å². The van der Waals surface area contributed by atoms with Gasteiger partial charge in [0.05, 0.1) is 18.1 Å². The lowest BCUT2D eigenvalue weighted by atomic mass is 10.1. The first-order valence-corrected chi connectivity index (χ1v) is 11.6. The molecule has 10 heteroatoms. The van der Waals surface area contributed by atoms with Crippen molar-refractivity contribution in [1.82, 2.24) is 10.2 Å². The zero-order chi connectivity index (χ0) is 25.7. The second-order valence-corrected chi connectivity index (χ2v) is 8.56. The van der Waals surface area contributed by atoms with Gasteiger partial charge in [-0.25, -0.2) is 9.18 Å². The third-order valence-electron chi connectivity index (χ3n) is 5.22. The minimum atomic E-state index is -0.648. The maximum atomic E-state index is 14.0. The number of nitrogens with zero attached hydrogens (tertiary/aromatic N) is 1.